The van der Waals surface area contributed by atoms with Gasteiger partial charge in [-0.15, -0.1) is 0 Å². The van der Waals surface area contributed by atoms with E-state index in [1.54, 1.807) is 0 Å². The van der Waals surface area contributed by atoms with Gasteiger partial charge in [0.15, 0.2) is 0 Å². The predicted octanol–water partition coefficient (Wildman–Crippen LogP) is 7.14. The Morgan fingerprint density at radius 3 is 2.24 bits per heavy atom. The van der Waals surface area contributed by atoms with Crippen molar-refractivity contribution in [1.82, 2.24) is 0 Å². The van der Waals surface area contributed by atoms with Crippen LogP contribution in [0.2, 0.25) is 0 Å². The maximum atomic E-state index is 12.1. The van der Waals surface area contributed by atoms with Crippen molar-refractivity contribution in [3.63, 3.8) is 0 Å². The molecule has 4 rings (SSSR count). The second kappa shape index (κ2) is 8.13. The van der Waals surface area contributed by atoms with Crippen LogP contribution in [0.15, 0.2) is 0 Å². The first-order valence-electron chi connectivity index (χ1n) is 11.0. The van der Waals surface area contributed by atoms with Crippen LogP contribution >= 0.6 is 0 Å². The Balaban J connectivity index is 0.000000726. The van der Waals surface area contributed by atoms with E-state index in [1.165, 1.54) is 57.8 Å². The molecule has 0 amide bonds. The lowest BCUT2D eigenvalue weighted by atomic mass is 9.49. The molecule has 1 nitrogen and oxygen atoms in total. The Morgan fingerprint density at radius 1 is 0.880 bits per heavy atom. The molecule has 8 unspecified atom stereocenters. The Labute approximate surface area is 157 Å². The highest BCUT2D eigenvalue weighted by molar-refractivity contribution is 5.79. The second-order valence-corrected chi connectivity index (χ2v) is 9.64. The van der Waals surface area contributed by atoms with Crippen molar-refractivity contribution in [3.05, 3.63) is 0 Å². The molecule has 0 aromatic rings. The molecule has 0 heterocycles. The first-order valence-corrected chi connectivity index (χ1v) is 11.0. The molecule has 146 valence electrons. The van der Waals surface area contributed by atoms with Crippen LogP contribution in [-0.2, 0) is 4.79 Å². The van der Waals surface area contributed by atoms with Gasteiger partial charge in [0.25, 0.3) is 0 Å². The van der Waals surface area contributed by atoms with Gasteiger partial charge in [-0.05, 0) is 99.2 Å². The zero-order chi connectivity index (χ0) is 17.5. The zero-order valence-corrected chi connectivity index (χ0v) is 16.8. The molecule has 0 N–H and O–H groups in total. The van der Waals surface area contributed by atoms with Crippen LogP contribution in [0.5, 0.6) is 0 Å². The van der Waals surface area contributed by atoms with Crippen molar-refractivity contribution in [2.45, 2.75) is 99.8 Å². The smallest absolute Gasteiger partial charge is 0.133 e. The Kier molecular flexibility index (Phi) is 6.83. The van der Waals surface area contributed by atoms with Gasteiger partial charge in [-0.2, -0.15) is 0 Å². The molecule has 4 fully saturated rings. The number of carbonyl (C=O) groups excluding carboxylic acids is 1. The van der Waals surface area contributed by atoms with E-state index in [-0.39, 0.29) is 7.43 Å². The number of hydrogen-bond donors (Lipinski definition) is 0. The fourth-order valence-corrected chi connectivity index (χ4v) is 7.76. The molecule has 4 aliphatic carbocycles. The van der Waals surface area contributed by atoms with Crippen molar-refractivity contribution < 1.29 is 4.79 Å². The summed E-state index contributed by atoms with van der Waals surface area (Å²) >= 11 is 0. The van der Waals surface area contributed by atoms with E-state index in [2.05, 4.69) is 13.8 Å². The van der Waals surface area contributed by atoms with E-state index in [0.29, 0.717) is 17.1 Å². The molecule has 0 bridgehead atoms. The molecule has 0 aromatic carbocycles. The summed E-state index contributed by atoms with van der Waals surface area (Å²) in [6.07, 6.45) is 12.7. The van der Waals surface area contributed by atoms with E-state index < -0.39 is 0 Å². The van der Waals surface area contributed by atoms with Gasteiger partial charge in [0.2, 0.25) is 0 Å². The number of Topliss-reactive ketones (excluding diaryl/α,β-unsaturated/α-hetero) is 1. The predicted molar refractivity (Wildman–Crippen MR) is 109 cm³/mol. The third-order valence-corrected chi connectivity index (χ3v) is 8.71. The normalized spacial score (nSPS) is 48.0. The van der Waals surface area contributed by atoms with Crippen molar-refractivity contribution in [2.75, 3.05) is 0 Å². The maximum absolute atomic E-state index is 12.1. The van der Waals surface area contributed by atoms with Crippen LogP contribution < -0.4 is 0 Å². The van der Waals surface area contributed by atoms with Gasteiger partial charge in [-0.3, -0.25) is 4.79 Å². The number of carbonyl (C=O) groups is 1. The molecular formula is C24H44O. The average Bonchev–Trinajstić information content (AvgIpc) is 2.93. The van der Waals surface area contributed by atoms with Gasteiger partial charge >= 0.3 is 0 Å². The number of fused-ring (bicyclic) bond motifs is 5. The summed E-state index contributed by atoms with van der Waals surface area (Å²) < 4.78 is 0. The van der Waals surface area contributed by atoms with Crippen molar-refractivity contribution in [3.8, 4) is 0 Å². The van der Waals surface area contributed by atoms with Crippen LogP contribution in [0.25, 0.3) is 0 Å². The van der Waals surface area contributed by atoms with Gasteiger partial charge in [-0.25, -0.2) is 0 Å². The van der Waals surface area contributed by atoms with Crippen molar-refractivity contribution in [2.24, 2.45) is 46.8 Å². The van der Waals surface area contributed by atoms with Gasteiger partial charge in [-0.1, -0.05) is 41.5 Å². The monoisotopic (exact) mass is 348 g/mol. The van der Waals surface area contributed by atoms with Crippen LogP contribution in [-0.4, -0.2) is 5.78 Å². The lowest BCUT2D eigenvalue weighted by molar-refractivity contribution is -0.128. The van der Waals surface area contributed by atoms with Gasteiger partial charge in [0.1, 0.15) is 5.78 Å². The SMILES string of the molecule is C.CC.CC(=O)C1CCC2C3CCC4CC(C)CCC4C3CCC12C. The van der Waals surface area contributed by atoms with Crippen molar-refractivity contribution >= 4 is 5.78 Å². The molecule has 1 heteroatoms. The third-order valence-electron chi connectivity index (χ3n) is 8.71. The second-order valence-electron chi connectivity index (χ2n) is 9.64. The summed E-state index contributed by atoms with van der Waals surface area (Å²) in [5.41, 5.74) is 0.349. The summed E-state index contributed by atoms with van der Waals surface area (Å²) in [7, 11) is 0. The number of rotatable bonds is 1. The number of hydrogen-bond acceptors (Lipinski definition) is 1. The Morgan fingerprint density at radius 2 is 1.56 bits per heavy atom. The summed E-state index contributed by atoms with van der Waals surface area (Å²) in [5.74, 6) is 6.73. The molecule has 25 heavy (non-hydrogen) atoms. The van der Waals surface area contributed by atoms with E-state index in [0.717, 1.165) is 35.5 Å². The minimum atomic E-state index is 0. The number of ketones is 1. The zero-order valence-electron chi connectivity index (χ0n) is 16.8. The standard InChI is InChI=1S/C21H34O.C2H6.CH4/c1-13-4-6-16-15(12-13)5-7-18-17(16)10-11-21(3)19(14(2)22)8-9-20(18)21;1-2;/h13,15-20H,4-12H2,1-3H3;1-2H3;1H4. The van der Waals surface area contributed by atoms with Crippen LogP contribution in [0, 0.1) is 46.8 Å². The Bertz CT molecular complexity index is 455. The molecule has 0 aliphatic heterocycles. The van der Waals surface area contributed by atoms with Gasteiger partial charge in [0.05, 0.1) is 0 Å². The fraction of sp³-hybridized carbons (Fsp3) is 0.958. The molecule has 0 aromatic heterocycles. The van der Waals surface area contributed by atoms with E-state index in [4.69, 9.17) is 0 Å². The van der Waals surface area contributed by atoms with Gasteiger partial charge < -0.3 is 0 Å². The highest BCUT2D eigenvalue weighted by Crippen LogP contribution is 2.64. The first kappa shape index (κ1) is 21.0. The first-order chi connectivity index (χ1) is 11.5. The van der Waals surface area contributed by atoms with Crippen LogP contribution in [0.1, 0.15) is 99.8 Å². The maximum Gasteiger partial charge on any atom is 0.133 e. The van der Waals surface area contributed by atoms with E-state index >= 15 is 0 Å². The minimum absolute atomic E-state index is 0. The minimum Gasteiger partial charge on any atom is -0.300 e. The summed E-state index contributed by atoms with van der Waals surface area (Å²) in [5, 5.41) is 0. The van der Waals surface area contributed by atoms with Crippen LogP contribution in [0.3, 0.4) is 0 Å². The molecule has 4 saturated carbocycles. The topological polar surface area (TPSA) is 17.1 Å². The lowest BCUT2D eigenvalue weighted by Crippen LogP contribution is -2.49. The average molecular weight is 349 g/mol. The molecule has 4 aliphatic rings. The summed E-state index contributed by atoms with van der Waals surface area (Å²) in [6, 6.07) is 0. The lowest BCUT2D eigenvalue weighted by Gasteiger charge is -2.56. The van der Waals surface area contributed by atoms with Crippen molar-refractivity contribution in [1.29, 1.82) is 0 Å². The molecule has 0 spiro atoms. The fourth-order valence-electron chi connectivity index (χ4n) is 7.76. The summed E-state index contributed by atoms with van der Waals surface area (Å²) in [6.45, 7) is 10.8. The molecule has 0 radical (unpaired) electrons. The summed E-state index contributed by atoms with van der Waals surface area (Å²) in [4.78, 5) is 12.1. The van der Waals surface area contributed by atoms with E-state index in [1.807, 2.05) is 20.8 Å². The van der Waals surface area contributed by atoms with Crippen LogP contribution in [0.4, 0.5) is 0 Å². The highest BCUT2D eigenvalue weighted by Gasteiger charge is 2.57. The largest absolute Gasteiger partial charge is 0.300 e. The quantitative estimate of drug-likeness (QED) is 0.492. The Hall–Kier alpha value is -0.330. The third kappa shape index (κ3) is 3.46. The molecule has 0 saturated heterocycles. The highest BCUT2D eigenvalue weighted by atomic mass is 16.1. The van der Waals surface area contributed by atoms with E-state index in [9.17, 15) is 4.79 Å². The molecular weight excluding hydrogens is 304 g/mol. The van der Waals surface area contributed by atoms with Gasteiger partial charge in [0, 0.05) is 5.92 Å². The molecule has 8 atom stereocenters.